The minimum atomic E-state index is -4.32. The van der Waals surface area contributed by atoms with Crippen molar-refractivity contribution in [2.24, 2.45) is 0 Å². The predicted octanol–water partition coefficient (Wildman–Crippen LogP) is 5.90. The molecule has 3 nitrogen and oxygen atoms in total. The maximum absolute atomic E-state index is 14.4. The number of hydrogen-bond donors (Lipinski definition) is 0. The van der Waals surface area contributed by atoms with Gasteiger partial charge in [-0.05, 0) is 48.0 Å². The lowest BCUT2D eigenvalue weighted by atomic mass is 10.0. The number of alkyl halides is 3. The molecule has 1 aromatic carbocycles. The summed E-state index contributed by atoms with van der Waals surface area (Å²) in [6.07, 6.45) is 2.87. The first-order valence-corrected chi connectivity index (χ1v) is 9.42. The van der Waals surface area contributed by atoms with Crippen LogP contribution >= 0.6 is 0 Å². The van der Waals surface area contributed by atoms with Gasteiger partial charge in [-0.2, -0.15) is 13.2 Å². The zero-order chi connectivity index (χ0) is 21.4. The highest BCUT2D eigenvalue weighted by Crippen LogP contribution is 2.26. The lowest BCUT2D eigenvalue weighted by molar-refractivity contribution is -0.127. The van der Waals surface area contributed by atoms with Gasteiger partial charge in [-0.3, -0.25) is 9.78 Å². The molecule has 0 fully saturated rings. The number of unbranched alkanes of at least 4 members (excludes halogenated alkanes) is 2. The number of rotatable bonds is 9. The number of carbonyl (C=O) groups is 1. The molecule has 1 aromatic heterocycles. The Bertz CT molecular complexity index is 845. The SMILES string of the molecule is CCCCCN(C)/C=C\c1cc(-c2ccc(CC(F)(F)F)cn2)cc(F)c1C=O. The van der Waals surface area contributed by atoms with Crippen molar-refractivity contribution in [1.82, 2.24) is 9.88 Å². The molecular weight excluding hydrogens is 384 g/mol. The Kier molecular flexibility index (Phi) is 7.93. The molecule has 0 spiro atoms. The van der Waals surface area contributed by atoms with Crippen LogP contribution in [0.1, 0.15) is 47.7 Å². The molecule has 0 aliphatic heterocycles. The third kappa shape index (κ3) is 7.00. The van der Waals surface area contributed by atoms with Crippen molar-refractivity contribution < 1.29 is 22.4 Å². The maximum atomic E-state index is 14.4. The summed E-state index contributed by atoms with van der Waals surface area (Å²) in [5.74, 6) is -0.702. The van der Waals surface area contributed by atoms with Crippen LogP contribution in [0.3, 0.4) is 0 Å². The molecule has 0 atom stereocenters. The van der Waals surface area contributed by atoms with Crippen LogP contribution in [0.2, 0.25) is 0 Å². The number of aldehydes is 1. The molecule has 0 aliphatic carbocycles. The van der Waals surface area contributed by atoms with E-state index in [-0.39, 0.29) is 11.1 Å². The van der Waals surface area contributed by atoms with E-state index in [0.29, 0.717) is 23.1 Å². The molecular formula is C22H24F4N2O. The third-order valence-electron chi connectivity index (χ3n) is 4.43. The normalized spacial score (nSPS) is 11.8. The quantitative estimate of drug-likeness (QED) is 0.294. The highest BCUT2D eigenvalue weighted by molar-refractivity contribution is 5.84. The van der Waals surface area contributed by atoms with E-state index in [1.807, 2.05) is 11.9 Å². The number of halogens is 4. The Morgan fingerprint density at radius 3 is 2.52 bits per heavy atom. The second kappa shape index (κ2) is 10.2. The molecule has 0 bridgehead atoms. The molecule has 0 amide bonds. The molecule has 0 N–H and O–H groups in total. The summed E-state index contributed by atoms with van der Waals surface area (Å²) in [6.45, 7) is 2.95. The second-order valence-corrected chi connectivity index (χ2v) is 6.93. The Morgan fingerprint density at radius 1 is 1.17 bits per heavy atom. The predicted molar refractivity (Wildman–Crippen MR) is 106 cm³/mol. The van der Waals surface area contributed by atoms with Crippen molar-refractivity contribution in [3.05, 3.63) is 59.2 Å². The third-order valence-corrected chi connectivity index (χ3v) is 4.43. The van der Waals surface area contributed by atoms with Gasteiger partial charge in [0.15, 0.2) is 6.29 Å². The van der Waals surface area contributed by atoms with Gasteiger partial charge in [0.2, 0.25) is 0 Å². The van der Waals surface area contributed by atoms with Crippen molar-refractivity contribution in [2.45, 2.75) is 38.8 Å². The van der Waals surface area contributed by atoms with Crippen molar-refractivity contribution in [3.8, 4) is 11.3 Å². The monoisotopic (exact) mass is 408 g/mol. The number of hydrogen-bond acceptors (Lipinski definition) is 3. The molecule has 0 radical (unpaired) electrons. The summed E-state index contributed by atoms with van der Waals surface area (Å²) in [5.41, 5.74) is 1.07. The number of aromatic nitrogens is 1. The average molecular weight is 408 g/mol. The molecule has 2 aromatic rings. The summed E-state index contributed by atoms with van der Waals surface area (Å²) in [5, 5.41) is 0. The van der Waals surface area contributed by atoms with Crippen LogP contribution in [0, 0.1) is 5.82 Å². The zero-order valence-electron chi connectivity index (χ0n) is 16.5. The van der Waals surface area contributed by atoms with Crippen molar-refractivity contribution in [1.29, 1.82) is 0 Å². The molecule has 7 heteroatoms. The Hall–Kier alpha value is -2.70. The summed E-state index contributed by atoms with van der Waals surface area (Å²) in [4.78, 5) is 17.3. The largest absolute Gasteiger partial charge is 0.393 e. The molecule has 0 saturated heterocycles. The highest BCUT2D eigenvalue weighted by Gasteiger charge is 2.27. The molecule has 0 saturated carbocycles. The van der Waals surface area contributed by atoms with Crippen molar-refractivity contribution in [2.75, 3.05) is 13.6 Å². The highest BCUT2D eigenvalue weighted by atomic mass is 19.4. The fourth-order valence-corrected chi connectivity index (χ4v) is 2.87. The van der Waals surface area contributed by atoms with Gasteiger partial charge in [0, 0.05) is 25.4 Å². The van der Waals surface area contributed by atoms with Crippen molar-refractivity contribution >= 4 is 12.4 Å². The number of benzene rings is 1. The van der Waals surface area contributed by atoms with Gasteiger partial charge in [-0.1, -0.05) is 25.8 Å². The average Bonchev–Trinajstić information content (AvgIpc) is 2.65. The molecule has 2 rings (SSSR count). The van der Waals surface area contributed by atoms with Gasteiger partial charge in [0.25, 0.3) is 0 Å². The zero-order valence-corrected chi connectivity index (χ0v) is 16.5. The molecule has 0 aliphatic rings. The van der Waals surface area contributed by atoms with E-state index in [0.717, 1.165) is 38.1 Å². The van der Waals surface area contributed by atoms with Gasteiger partial charge in [-0.25, -0.2) is 4.39 Å². The summed E-state index contributed by atoms with van der Waals surface area (Å²) in [7, 11) is 1.90. The van der Waals surface area contributed by atoms with Gasteiger partial charge in [0.05, 0.1) is 17.7 Å². The van der Waals surface area contributed by atoms with E-state index in [2.05, 4.69) is 11.9 Å². The summed E-state index contributed by atoms with van der Waals surface area (Å²) in [6, 6.07) is 5.51. The van der Waals surface area contributed by atoms with Crippen LogP contribution in [0.25, 0.3) is 17.3 Å². The number of pyridine rings is 1. The second-order valence-electron chi connectivity index (χ2n) is 6.93. The molecule has 0 unspecified atom stereocenters. The van der Waals surface area contributed by atoms with Crippen LogP contribution in [0.4, 0.5) is 17.6 Å². The van der Waals surface area contributed by atoms with Crippen LogP contribution in [-0.4, -0.2) is 35.9 Å². The number of nitrogens with zero attached hydrogens (tertiary/aromatic N) is 2. The lowest BCUT2D eigenvalue weighted by Crippen LogP contribution is -2.12. The minimum Gasteiger partial charge on any atom is -0.380 e. The van der Waals surface area contributed by atoms with Gasteiger partial charge in [0.1, 0.15) is 5.82 Å². The van der Waals surface area contributed by atoms with E-state index >= 15 is 0 Å². The van der Waals surface area contributed by atoms with E-state index in [4.69, 9.17) is 0 Å². The smallest absolute Gasteiger partial charge is 0.380 e. The maximum Gasteiger partial charge on any atom is 0.393 e. The first kappa shape index (κ1) is 22.6. The Morgan fingerprint density at radius 2 is 1.93 bits per heavy atom. The summed E-state index contributed by atoms with van der Waals surface area (Å²) < 4.78 is 51.9. The standard InChI is InChI=1S/C22H24F4N2O/c1-3-4-5-9-28(2)10-8-17-11-18(12-20(23)19(17)15-29)21-7-6-16(14-27-21)13-22(24,25)26/h6-8,10-12,14-15H,3-5,9,13H2,1-2H3/b10-8-. The first-order valence-electron chi connectivity index (χ1n) is 9.42. The minimum absolute atomic E-state index is 0.0278. The Labute approximate surface area is 168 Å². The van der Waals surface area contributed by atoms with Crippen LogP contribution in [0.15, 0.2) is 36.7 Å². The lowest BCUT2D eigenvalue weighted by Gasteiger charge is -2.14. The Balaban J connectivity index is 2.27. The van der Waals surface area contributed by atoms with Gasteiger partial charge >= 0.3 is 6.18 Å². The topological polar surface area (TPSA) is 33.2 Å². The molecule has 1 heterocycles. The fourth-order valence-electron chi connectivity index (χ4n) is 2.87. The number of carbonyl (C=O) groups excluding carboxylic acids is 1. The van der Waals surface area contributed by atoms with Crippen LogP contribution < -0.4 is 0 Å². The van der Waals surface area contributed by atoms with E-state index in [1.165, 1.54) is 12.1 Å². The fraction of sp³-hybridized carbons (Fsp3) is 0.364. The van der Waals surface area contributed by atoms with E-state index < -0.39 is 18.4 Å². The van der Waals surface area contributed by atoms with Crippen LogP contribution in [0.5, 0.6) is 0 Å². The first-order chi connectivity index (χ1) is 13.7. The molecule has 156 valence electrons. The van der Waals surface area contributed by atoms with Crippen molar-refractivity contribution in [3.63, 3.8) is 0 Å². The molecule has 29 heavy (non-hydrogen) atoms. The van der Waals surface area contributed by atoms with E-state index in [9.17, 15) is 22.4 Å². The van der Waals surface area contributed by atoms with Gasteiger partial charge in [-0.15, -0.1) is 0 Å². The van der Waals surface area contributed by atoms with Gasteiger partial charge < -0.3 is 4.90 Å². The summed E-state index contributed by atoms with van der Waals surface area (Å²) >= 11 is 0. The van der Waals surface area contributed by atoms with E-state index in [1.54, 1.807) is 18.3 Å². The van der Waals surface area contributed by atoms with Crippen LogP contribution in [-0.2, 0) is 6.42 Å².